The van der Waals surface area contributed by atoms with Crippen molar-refractivity contribution in [1.29, 1.82) is 0 Å². The van der Waals surface area contributed by atoms with Crippen molar-refractivity contribution < 1.29 is 4.74 Å². The molecule has 2 heterocycles. The van der Waals surface area contributed by atoms with Crippen molar-refractivity contribution in [1.82, 2.24) is 14.6 Å². The highest BCUT2D eigenvalue weighted by Gasteiger charge is 2.12. The van der Waals surface area contributed by atoms with Gasteiger partial charge in [0.2, 0.25) is 4.96 Å². The van der Waals surface area contributed by atoms with Crippen LogP contribution in [0.2, 0.25) is 0 Å². The van der Waals surface area contributed by atoms with E-state index in [4.69, 9.17) is 4.74 Å². The molecule has 0 N–H and O–H groups in total. The van der Waals surface area contributed by atoms with Gasteiger partial charge in [-0.25, -0.2) is 0 Å². The van der Waals surface area contributed by atoms with Gasteiger partial charge in [0.05, 0.1) is 11.1 Å². The highest BCUT2D eigenvalue weighted by Crippen LogP contribution is 2.20. The maximum atomic E-state index is 12.6. The smallest absolute Gasteiger partial charge is 0.291 e. The summed E-state index contributed by atoms with van der Waals surface area (Å²) in [5.41, 5.74) is 1.65. The summed E-state index contributed by atoms with van der Waals surface area (Å²) in [6.07, 6.45) is 2.82. The van der Waals surface area contributed by atoms with Crippen molar-refractivity contribution >= 4 is 38.3 Å². The summed E-state index contributed by atoms with van der Waals surface area (Å²) in [6, 6.07) is 15.4. The maximum absolute atomic E-state index is 12.6. The summed E-state index contributed by atoms with van der Waals surface area (Å²) in [5.74, 6) is 1.35. The largest absolute Gasteiger partial charge is 0.494 e. The second kappa shape index (κ2) is 7.62. The van der Waals surface area contributed by atoms with Gasteiger partial charge in [-0.05, 0) is 54.5 Å². The Morgan fingerprint density at radius 3 is 2.74 bits per heavy atom. The highest BCUT2D eigenvalue weighted by molar-refractivity contribution is 9.10. The molecule has 0 bridgehead atoms. The molecule has 5 nitrogen and oxygen atoms in total. The monoisotopic (exact) mass is 441 g/mol. The Hall–Kier alpha value is -2.51. The molecule has 0 spiro atoms. The van der Waals surface area contributed by atoms with Crippen LogP contribution in [-0.2, 0) is 0 Å². The second-order valence-corrected chi connectivity index (χ2v) is 7.90. The van der Waals surface area contributed by atoms with Crippen LogP contribution in [0.5, 0.6) is 5.75 Å². The number of aromatic nitrogens is 3. The van der Waals surface area contributed by atoms with Crippen molar-refractivity contribution in [2.75, 3.05) is 6.61 Å². The number of thiazole rings is 1. The molecular formula is C20H16BrN3O2S. The minimum absolute atomic E-state index is 0.156. The van der Waals surface area contributed by atoms with E-state index in [9.17, 15) is 4.79 Å². The van der Waals surface area contributed by atoms with Gasteiger partial charge in [-0.3, -0.25) is 4.79 Å². The van der Waals surface area contributed by atoms with E-state index in [0.29, 0.717) is 21.9 Å². The normalized spacial score (nSPS) is 12.0. The van der Waals surface area contributed by atoms with E-state index in [2.05, 4.69) is 32.9 Å². The van der Waals surface area contributed by atoms with Gasteiger partial charge in [0.15, 0.2) is 5.82 Å². The number of rotatable bonds is 5. The van der Waals surface area contributed by atoms with Crippen LogP contribution >= 0.6 is 27.3 Å². The molecule has 7 heteroatoms. The maximum Gasteiger partial charge on any atom is 0.291 e. The first-order chi connectivity index (χ1) is 13.1. The van der Waals surface area contributed by atoms with Crippen LogP contribution in [0.1, 0.15) is 18.9 Å². The van der Waals surface area contributed by atoms with E-state index in [1.165, 1.54) is 15.9 Å². The zero-order valence-corrected chi connectivity index (χ0v) is 17.0. The number of nitrogens with zero attached hydrogens (tertiary/aromatic N) is 3. The van der Waals surface area contributed by atoms with Crippen LogP contribution < -0.4 is 14.8 Å². The molecule has 2 aromatic carbocycles. The van der Waals surface area contributed by atoms with E-state index in [0.717, 1.165) is 27.8 Å². The van der Waals surface area contributed by atoms with Crippen LogP contribution in [0.25, 0.3) is 22.4 Å². The third kappa shape index (κ3) is 3.79. The molecule has 0 saturated carbocycles. The Balaban J connectivity index is 1.67. The minimum Gasteiger partial charge on any atom is -0.494 e. The molecule has 0 fully saturated rings. The second-order valence-electron chi connectivity index (χ2n) is 5.97. The van der Waals surface area contributed by atoms with Crippen molar-refractivity contribution in [3.63, 3.8) is 0 Å². The summed E-state index contributed by atoms with van der Waals surface area (Å²) in [4.78, 5) is 17.7. The molecule has 136 valence electrons. The van der Waals surface area contributed by atoms with E-state index in [-0.39, 0.29) is 5.56 Å². The van der Waals surface area contributed by atoms with Gasteiger partial charge in [0.1, 0.15) is 5.75 Å². The SMILES string of the molecule is CCCOc1ccc(-c2nc3s/c(=C/c4cccc(Br)c4)c(=O)n3n2)cc1. The van der Waals surface area contributed by atoms with Gasteiger partial charge < -0.3 is 4.74 Å². The van der Waals surface area contributed by atoms with Gasteiger partial charge in [-0.15, -0.1) is 5.10 Å². The number of ether oxygens (including phenoxy) is 1. The van der Waals surface area contributed by atoms with Gasteiger partial charge in [-0.2, -0.15) is 9.50 Å². The molecule has 0 saturated heterocycles. The lowest BCUT2D eigenvalue weighted by molar-refractivity contribution is 0.317. The van der Waals surface area contributed by atoms with Crippen LogP contribution in [-0.4, -0.2) is 21.2 Å². The van der Waals surface area contributed by atoms with Crippen LogP contribution in [0.4, 0.5) is 0 Å². The zero-order valence-electron chi connectivity index (χ0n) is 14.6. The minimum atomic E-state index is -0.156. The molecule has 4 aromatic rings. The number of hydrogen-bond acceptors (Lipinski definition) is 5. The number of fused-ring (bicyclic) bond motifs is 1. The zero-order chi connectivity index (χ0) is 18.8. The quantitative estimate of drug-likeness (QED) is 0.470. The number of benzene rings is 2. The molecule has 0 unspecified atom stereocenters. The molecule has 0 aliphatic carbocycles. The standard InChI is InChI=1S/C20H16BrN3O2S/c1-2-10-26-16-8-6-14(7-9-16)18-22-20-24(23-18)19(25)17(27-20)12-13-4-3-5-15(21)11-13/h3-9,11-12H,2,10H2,1H3/b17-12+. The molecule has 27 heavy (non-hydrogen) atoms. The van der Waals surface area contributed by atoms with Crippen LogP contribution in [0, 0.1) is 0 Å². The lowest BCUT2D eigenvalue weighted by Crippen LogP contribution is -2.23. The first kappa shape index (κ1) is 17.9. The average Bonchev–Trinajstić information content (AvgIpc) is 3.20. The Labute approximate surface area is 168 Å². The van der Waals surface area contributed by atoms with E-state index >= 15 is 0 Å². The van der Waals surface area contributed by atoms with E-state index in [1.54, 1.807) is 0 Å². The van der Waals surface area contributed by atoms with Crippen molar-refractivity contribution in [2.24, 2.45) is 0 Å². The lowest BCUT2D eigenvalue weighted by atomic mass is 10.2. The fourth-order valence-corrected chi connectivity index (χ4v) is 3.95. The molecular weight excluding hydrogens is 426 g/mol. The van der Waals surface area contributed by atoms with E-state index < -0.39 is 0 Å². The fraction of sp³-hybridized carbons (Fsp3) is 0.150. The summed E-state index contributed by atoms with van der Waals surface area (Å²) in [6.45, 7) is 2.76. The summed E-state index contributed by atoms with van der Waals surface area (Å²) in [5, 5.41) is 4.39. The Morgan fingerprint density at radius 2 is 2.04 bits per heavy atom. The average molecular weight is 442 g/mol. The third-order valence-electron chi connectivity index (χ3n) is 3.91. The van der Waals surface area contributed by atoms with E-state index in [1.807, 2.05) is 54.6 Å². The van der Waals surface area contributed by atoms with Gasteiger partial charge in [-0.1, -0.05) is 46.3 Å². The van der Waals surface area contributed by atoms with Gasteiger partial charge in [0.25, 0.3) is 5.56 Å². The lowest BCUT2D eigenvalue weighted by Gasteiger charge is -2.04. The molecule has 0 aliphatic heterocycles. The Bertz CT molecular complexity index is 1200. The number of hydrogen-bond donors (Lipinski definition) is 0. The Morgan fingerprint density at radius 1 is 1.22 bits per heavy atom. The first-order valence-electron chi connectivity index (χ1n) is 8.54. The van der Waals surface area contributed by atoms with Crippen molar-refractivity contribution in [3.05, 3.63) is 73.5 Å². The molecule has 2 aromatic heterocycles. The molecule has 0 aliphatic rings. The summed E-state index contributed by atoms with van der Waals surface area (Å²) in [7, 11) is 0. The fourth-order valence-electron chi connectivity index (χ4n) is 2.62. The molecule has 0 amide bonds. The van der Waals surface area contributed by atoms with Crippen molar-refractivity contribution in [2.45, 2.75) is 13.3 Å². The van der Waals surface area contributed by atoms with Crippen molar-refractivity contribution in [3.8, 4) is 17.1 Å². The molecule has 0 atom stereocenters. The Kier molecular flexibility index (Phi) is 5.05. The first-order valence-corrected chi connectivity index (χ1v) is 10.1. The number of halogens is 1. The topological polar surface area (TPSA) is 56.5 Å². The predicted octanol–water partition coefficient (Wildman–Crippen LogP) is 3.92. The predicted molar refractivity (Wildman–Crippen MR) is 111 cm³/mol. The summed E-state index contributed by atoms with van der Waals surface area (Å²) >= 11 is 4.78. The summed E-state index contributed by atoms with van der Waals surface area (Å²) < 4.78 is 8.53. The molecule has 4 rings (SSSR count). The third-order valence-corrected chi connectivity index (χ3v) is 5.37. The van der Waals surface area contributed by atoms with Crippen LogP contribution in [0.15, 0.2) is 57.8 Å². The van der Waals surface area contributed by atoms with Gasteiger partial charge in [0, 0.05) is 10.0 Å². The molecule has 0 radical (unpaired) electrons. The van der Waals surface area contributed by atoms with Gasteiger partial charge >= 0.3 is 0 Å². The highest BCUT2D eigenvalue weighted by atomic mass is 79.9. The van der Waals surface area contributed by atoms with Crippen LogP contribution in [0.3, 0.4) is 0 Å².